The molecule has 3 saturated carbocycles. The first-order valence-electron chi connectivity index (χ1n) is 7.13. The average molecular weight is 235 g/mol. The molecule has 0 saturated heterocycles. The fourth-order valence-corrected chi connectivity index (χ4v) is 4.47. The maximum atomic E-state index is 12.2. The second-order valence-corrected chi connectivity index (χ2v) is 7.66. The summed E-state index contributed by atoms with van der Waals surface area (Å²) in [5, 5.41) is 0. The van der Waals surface area contributed by atoms with E-state index in [2.05, 4.69) is 20.8 Å². The summed E-state index contributed by atoms with van der Waals surface area (Å²) in [5.74, 6) is 2.12. The van der Waals surface area contributed by atoms with E-state index in [1.807, 2.05) is 0 Å². The quantitative estimate of drug-likeness (QED) is 0.701. The van der Waals surface area contributed by atoms with E-state index in [4.69, 9.17) is 5.73 Å². The van der Waals surface area contributed by atoms with E-state index in [1.54, 1.807) is 0 Å². The lowest BCUT2D eigenvalue weighted by Gasteiger charge is -2.52. The van der Waals surface area contributed by atoms with Gasteiger partial charge in [-0.2, -0.15) is 0 Å². The van der Waals surface area contributed by atoms with E-state index in [9.17, 15) is 4.79 Å². The van der Waals surface area contributed by atoms with Crippen LogP contribution in [0.25, 0.3) is 0 Å². The number of ketones is 1. The number of fused-ring (bicyclic) bond motifs is 2. The lowest BCUT2D eigenvalue weighted by molar-refractivity contribution is -0.137. The van der Waals surface area contributed by atoms with Crippen LogP contribution in [0.5, 0.6) is 0 Å². The van der Waals surface area contributed by atoms with Crippen molar-refractivity contribution in [1.82, 2.24) is 0 Å². The van der Waals surface area contributed by atoms with Gasteiger partial charge in [0.25, 0.3) is 0 Å². The third kappa shape index (κ3) is 1.60. The average Bonchev–Trinajstić information content (AvgIpc) is 2.91. The van der Waals surface area contributed by atoms with E-state index in [0.29, 0.717) is 34.5 Å². The van der Waals surface area contributed by atoms with Gasteiger partial charge in [0, 0.05) is 18.4 Å². The molecule has 3 aliphatic rings. The Kier molecular flexibility index (Phi) is 2.30. The second kappa shape index (κ2) is 3.34. The van der Waals surface area contributed by atoms with Crippen LogP contribution >= 0.6 is 0 Å². The number of carbonyl (C=O) groups excluding carboxylic acids is 1. The zero-order chi connectivity index (χ0) is 12.4. The molecule has 5 atom stereocenters. The monoisotopic (exact) mass is 235 g/mol. The van der Waals surface area contributed by atoms with Crippen molar-refractivity contribution in [3.63, 3.8) is 0 Å². The van der Waals surface area contributed by atoms with E-state index in [-0.39, 0.29) is 0 Å². The van der Waals surface area contributed by atoms with Crippen LogP contribution in [0.1, 0.15) is 52.9 Å². The Labute approximate surface area is 104 Å². The second-order valence-electron chi connectivity index (χ2n) is 7.66. The van der Waals surface area contributed by atoms with Crippen LogP contribution in [0, 0.1) is 28.6 Å². The zero-order valence-electron chi connectivity index (χ0n) is 11.3. The normalized spacial score (nSPS) is 52.4. The number of nitrogens with two attached hydrogens (primary N) is 1. The minimum absolute atomic E-state index is 0.311. The summed E-state index contributed by atoms with van der Waals surface area (Å²) in [4.78, 5) is 12.2. The fraction of sp³-hybridized carbons (Fsp3) is 0.933. The predicted molar refractivity (Wildman–Crippen MR) is 68.4 cm³/mol. The first kappa shape index (κ1) is 11.7. The van der Waals surface area contributed by atoms with Gasteiger partial charge in [-0.1, -0.05) is 20.8 Å². The van der Waals surface area contributed by atoms with Gasteiger partial charge in [0.15, 0.2) is 0 Å². The van der Waals surface area contributed by atoms with Crippen molar-refractivity contribution < 1.29 is 4.79 Å². The van der Waals surface area contributed by atoms with Gasteiger partial charge in [-0.25, -0.2) is 0 Å². The lowest BCUT2D eigenvalue weighted by Crippen LogP contribution is -2.50. The molecule has 0 heterocycles. The molecule has 0 aromatic rings. The van der Waals surface area contributed by atoms with Gasteiger partial charge in [-0.15, -0.1) is 0 Å². The highest BCUT2D eigenvalue weighted by Crippen LogP contribution is 2.62. The molecule has 0 aliphatic heterocycles. The summed E-state index contributed by atoms with van der Waals surface area (Å²) in [5.41, 5.74) is 7.12. The topological polar surface area (TPSA) is 43.1 Å². The van der Waals surface area contributed by atoms with E-state index < -0.39 is 0 Å². The molecule has 0 aromatic carbocycles. The summed E-state index contributed by atoms with van der Waals surface area (Å²) < 4.78 is 0. The fourth-order valence-electron chi connectivity index (χ4n) is 4.47. The first-order valence-corrected chi connectivity index (χ1v) is 7.13. The molecule has 2 unspecified atom stereocenters. The largest absolute Gasteiger partial charge is 0.327 e. The number of hydrogen-bond donors (Lipinski definition) is 1. The van der Waals surface area contributed by atoms with Crippen LogP contribution in [0.15, 0.2) is 0 Å². The van der Waals surface area contributed by atoms with Gasteiger partial charge in [-0.05, 0) is 48.3 Å². The van der Waals surface area contributed by atoms with Crippen molar-refractivity contribution in [1.29, 1.82) is 0 Å². The molecule has 17 heavy (non-hydrogen) atoms. The summed E-state index contributed by atoms with van der Waals surface area (Å²) in [6, 6.07) is 0.311. The van der Waals surface area contributed by atoms with Crippen molar-refractivity contribution in [2.24, 2.45) is 34.3 Å². The number of carbonyl (C=O) groups is 1. The first-order chi connectivity index (χ1) is 7.84. The van der Waals surface area contributed by atoms with Gasteiger partial charge < -0.3 is 5.73 Å². The highest BCUT2D eigenvalue weighted by Gasteiger charge is 2.58. The predicted octanol–water partition coefficient (Wildman–Crippen LogP) is 2.76. The molecule has 0 radical (unpaired) electrons. The molecule has 3 fully saturated rings. The Hall–Kier alpha value is -0.370. The Morgan fingerprint density at radius 3 is 2.59 bits per heavy atom. The van der Waals surface area contributed by atoms with Crippen molar-refractivity contribution in [3.05, 3.63) is 0 Å². The third-order valence-electron chi connectivity index (χ3n) is 6.20. The van der Waals surface area contributed by atoms with Gasteiger partial charge in [-0.3, -0.25) is 4.79 Å². The van der Waals surface area contributed by atoms with Crippen molar-refractivity contribution in [3.8, 4) is 0 Å². The van der Waals surface area contributed by atoms with E-state index in [1.165, 1.54) is 6.42 Å². The molecule has 0 amide bonds. The Balaban J connectivity index is 1.83. The Morgan fingerprint density at radius 1 is 1.24 bits per heavy atom. The van der Waals surface area contributed by atoms with Crippen LogP contribution in [0.4, 0.5) is 0 Å². The van der Waals surface area contributed by atoms with Crippen LogP contribution in [0.3, 0.4) is 0 Å². The van der Waals surface area contributed by atoms with Crippen LogP contribution in [-0.2, 0) is 4.79 Å². The van der Waals surface area contributed by atoms with Gasteiger partial charge in [0.05, 0.1) is 0 Å². The van der Waals surface area contributed by atoms with Crippen LogP contribution in [0.2, 0.25) is 0 Å². The van der Waals surface area contributed by atoms with E-state index in [0.717, 1.165) is 31.6 Å². The molecule has 0 spiro atoms. The summed E-state index contributed by atoms with van der Waals surface area (Å²) in [6.07, 6.45) is 5.30. The summed E-state index contributed by atoms with van der Waals surface area (Å²) in [6.45, 7) is 6.94. The Morgan fingerprint density at radius 2 is 1.94 bits per heavy atom. The minimum Gasteiger partial charge on any atom is -0.327 e. The molecule has 0 bridgehead atoms. The van der Waals surface area contributed by atoms with Crippen LogP contribution < -0.4 is 5.73 Å². The molecule has 0 aromatic heterocycles. The minimum atomic E-state index is 0.311. The van der Waals surface area contributed by atoms with Crippen LogP contribution in [-0.4, -0.2) is 11.8 Å². The Bertz CT molecular complexity index is 362. The zero-order valence-corrected chi connectivity index (χ0v) is 11.3. The summed E-state index contributed by atoms with van der Waals surface area (Å²) in [7, 11) is 0. The SMILES string of the molecule is CC1(C)CC2C(=O)CC[C@H]3C[C@]3(C)C(N)C[C@H]21. The molecule has 96 valence electrons. The third-order valence-corrected chi connectivity index (χ3v) is 6.20. The molecule has 2 nitrogen and oxygen atoms in total. The molecular formula is C15H25NO. The highest BCUT2D eigenvalue weighted by molar-refractivity contribution is 5.82. The maximum absolute atomic E-state index is 12.2. The number of Topliss-reactive ketones (excluding diaryl/α,β-unsaturated/α-hetero) is 1. The smallest absolute Gasteiger partial charge is 0.136 e. The number of hydrogen-bond acceptors (Lipinski definition) is 2. The lowest BCUT2D eigenvalue weighted by atomic mass is 9.52. The van der Waals surface area contributed by atoms with Crippen molar-refractivity contribution >= 4 is 5.78 Å². The molecule has 2 heteroatoms. The van der Waals surface area contributed by atoms with Gasteiger partial charge in [0.2, 0.25) is 0 Å². The highest BCUT2D eigenvalue weighted by atomic mass is 16.1. The standard InChI is InChI=1S/C15H25NO/c1-14(2)8-10-11(14)6-13(16)15(3)7-9(15)4-5-12(10)17/h9-11,13H,4-8,16H2,1-3H3/t9-,10?,11+,13?,15-/m0/s1. The molecule has 3 rings (SSSR count). The van der Waals surface area contributed by atoms with Crippen molar-refractivity contribution in [2.75, 3.05) is 0 Å². The molecular weight excluding hydrogens is 210 g/mol. The van der Waals surface area contributed by atoms with Gasteiger partial charge >= 0.3 is 0 Å². The number of rotatable bonds is 0. The summed E-state index contributed by atoms with van der Waals surface area (Å²) >= 11 is 0. The molecule has 2 N–H and O–H groups in total. The van der Waals surface area contributed by atoms with Gasteiger partial charge in [0.1, 0.15) is 5.78 Å². The molecule has 3 aliphatic carbocycles. The van der Waals surface area contributed by atoms with Crippen molar-refractivity contribution in [2.45, 2.75) is 58.9 Å². The maximum Gasteiger partial charge on any atom is 0.136 e. The van der Waals surface area contributed by atoms with E-state index >= 15 is 0 Å².